The van der Waals surface area contributed by atoms with Gasteiger partial charge < -0.3 is 41.3 Å². The molecule has 2 aliphatic heterocycles. The lowest BCUT2D eigenvalue weighted by molar-refractivity contribution is -0.145. The number of amides is 4. The highest BCUT2D eigenvalue weighted by atomic mass is 32.1. The van der Waals surface area contributed by atoms with Crippen molar-refractivity contribution < 1.29 is 29.4 Å². The standard InChI is InChI=1S/C40H49N9O6S/c1-23(25-10-12-26(13-11-25)35-24(2)42-22-56-35)43-38(54)31-18-27(50)21-49(31)39(55)36(40(3,4)5)44-33(52)20-34(53)48-16-14-47(15-17-48)30-19-29(45-46-37(30)41)28-8-6-7-9-32(28)51/h6-13,19,22-23,27,31,36,50-51H,14-18,20-21H2,1-5H3,(H2,41,46)(H,43,54)(H,44,52)/t23-,27+,31-,36+/m1/s1. The van der Waals surface area contributed by atoms with Gasteiger partial charge in [-0.05, 0) is 48.6 Å². The molecular weight excluding hydrogens is 735 g/mol. The fourth-order valence-corrected chi connectivity index (χ4v) is 7.95. The predicted molar refractivity (Wildman–Crippen MR) is 213 cm³/mol. The van der Waals surface area contributed by atoms with Gasteiger partial charge in [-0.15, -0.1) is 21.5 Å². The van der Waals surface area contributed by atoms with E-state index in [0.29, 0.717) is 43.1 Å². The van der Waals surface area contributed by atoms with Crippen molar-refractivity contribution in [3.63, 3.8) is 0 Å². The Morgan fingerprint density at radius 2 is 1.70 bits per heavy atom. The predicted octanol–water partition coefficient (Wildman–Crippen LogP) is 3.27. The molecule has 0 bridgehead atoms. The van der Waals surface area contributed by atoms with Crippen LogP contribution in [0.5, 0.6) is 5.75 Å². The van der Waals surface area contributed by atoms with Crippen LogP contribution in [0.3, 0.4) is 0 Å². The second-order valence-electron chi connectivity index (χ2n) is 15.4. The number of nitrogens with one attached hydrogen (secondary N) is 2. The molecule has 4 heterocycles. The van der Waals surface area contributed by atoms with Gasteiger partial charge in [-0.3, -0.25) is 19.2 Å². The number of likely N-dealkylation sites (tertiary alicyclic amines) is 1. The molecule has 15 nitrogen and oxygen atoms in total. The topological polar surface area (TPSA) is 207 Å². The summed E-state index contributed by atoms with van der Waals surface area (Å²) in [7, 11) is 0. The van der Waals surface area contributed by atoms with Gasteiger partial charge in [0.1, 0.15) is 24.3 Å². The number of carbonyl (C=O) groups excluding carboxylic acids is 4. The number of aliphatic hydroxyl groups is 1. The molecule has 2 aromatic carbocycles. The van der Waals surface area contributed by atoms with Crippen molar-refractivity contribution in [2.75, 3.05) is 43.4 Å². The number of para-hydroxylation sites is 1. The average molecular weight is 784 g/mol. The van der Waals surface area contributed by atoms with Gasteiger partial charge in [0.05, 0.1) is 39.6 Å². The summed E-state index contributed by atoms with van der Waals surface area (Å²) in [6, 6.07) is 14.0. The van der Waals surface area contributed by atoms with E-state index in [0.717, 1.165) is 21.7 Å². The van der Waals surface area contributed by atoms with E-state index >= 15 is 0 Å². The summed E-state index contributed by atoms with van der Waals surface area (Å²) in [5.41, 5.74) is 11.7. The Labute approximate surface area is 329 Å². The van der Waals surface area contributed by atoms with E-state index < -0.39 is 53.7 Å². The molecule has 16 heteroatoms. The van der Waals surface area contributed by atoms with Gasteiger partial charge in [-0.2, -0.15) is 0 Å². The first kappa shape index (κ1) is 40.1. The van der Waals surface area contributed by atoms with Crippen molar-refractivity contribution in [1.82, 2.24) is 35.6 Å². The first-order chi connectivity index (χ1) is 26.6. The molecule has 6 rings (SSSR count). The zero-order valence-corrected chi connectivity index (χ0v) is 33.0. The van der Waals surface area contributed by atoms with Crippen molar-refractivity contribution in [2.24, 2.45) is 5.41 Å². The number of hydrogen-bond acceptors (Lipinski definition) is 12. The van der Waals surface area contributed by atoms with Gasteiger partial charge in [-0.25, -0.2) is 4.98 Å². The second kappa shape index (κ2) is 16.6. The zero-order valence-electron chi connectivity index (χ0n) is 32.2. The molecule has 0 aliphatic carbocycles. The molecule has 2 saturated heterocycles. The normalized spacial score (nSPS) is 18.4. The first-order valence-electron chi connectivity index (χ1n) is 18.6. The number of phenolic OH excluding ortho intramolecular Hbond substituents is 1. The highest BCUT2D eigenvalue weighted by molar-refractivity contribution is 7.13. The molecule has 56 heavy (non-hydrogen) atoms. The number of nitrogen functional groups attached to an aromatic ring is 1. The number of nitrogens with two attached hydrogens (primary N) is 1. The number of aryl methyl sites for hydroxylation is 1. The third-order valence-electron chi connectivity index (χ3n) is 10.3. The molecule has 4 aromatic rings. The molecule has 2 aromatic heterocycles. The minimum Gasteiger partial charge on any atom is -0.507 e. The molecule has 4 amide bonds. The lowest BCUT2D eigenvalue weighted by Gasteiger charge is -2.37. The van der Waals surface area contributed by atoms with Crippen LogP contribution in [0, 0.1) is 12.3 Å². The highest BCUT2D eigenvalue weighted by Crippen LogP contribution is 2.33. The molecule has 6 N–H and O–H groups in total. The lowest BCUT2D eigenvalue weighted by Crippen LogP contribution is -2.58. The van der Waals surface area contributed by atoms with E-state index in [1.54, 1.807) is 72.9 Å². The average Bonchev–Trinajstić information content (AvgIpc) is 3.79. The van der Waals surface area contributed by atoms with E-state index in [9.17, 15) is 29.4 Å². The quantitative estimate of drug-likeness (QED) is 0.148. The van der Waals surface area contributed by atoms with Crippen LogP contribution in [0.2, 0.25) is 0 Å². The Morgan fingerprint density at radius 1 is 1.00 bits per heavy atom. The smallest absolute Gasteiger partial charge is 0.246 e. The summed E-state index contributed by atoms with van der Waals surface area (Å²) < 4.78 is 0. The van der Waals surface area contributed by atoms with Gasteiger partial charge in [-0.1, -0.05) is 57.2 Å². The van der Waals surface area contributed by atoms with Crippen LogP contribution >= 0.6 is 11.3 Å². The van der Waals surface area contributed by atoms with Crippen LogP contribution in [0.1, 0.15) is 57.8 Å². The number of carbonyl (C=O) groups is 4. The maximum Gasteiger partial charge on any atom is 0.246 e. The molecular formula is C40H49N9O6S. The number of piperazine rings is 1. The molecule has 2 aliphatic rings. The van der Waals surface area contributed by atoms with Crippen LogP contribution in [0.4, 0.5) is 11.5 Å². The Bertz CT molecular complexity index is 2080. The van der Waals surface area contributed by atoms with Crippen molar-refractivity contribution in [3.05, 3.63) is 71.4 Å². The Morgan fingerprint density at radius 3 is 2.34 bits per heavy atom. The van der Waals surface area contributed by atoms with E-state index in [4.69, 9.17) is 5.73 Å². The number of β-amino-alcohol motifs (C(OH)–C–C–N with tert-alkyl or cyclic N) is 1. The van der Waals surface area contributed by atoms with Crippen molar-refractivity contribution in [3.8, 4) is 27.4 Å². The van der Waals surface area contributed by atoms with Crippen molar-refractivity contribution >= 4 is 46.5 Å². The van der Waals surface area contributed by atoms with Crippen LogP contribution in [0.15, 0.2) is 60.1 Å². The summed E-state index contributed by atoms with van der Waals surface area (Å²) in [6.45, 7) is 10.6. The van der Waals surface area contributed by atoms with E-state index in [1.807, 2.05) is 43.0 Å². The van der Waals surface area contributed by atoms with Gasteiger partial charge in [0.25, 0.3) is 0 Å². The second-order valence-corrected chi connectivity index (χ2v) is 16.3. The Balaban J connectivity index is 1.05. The van der Waals surface area contributed by atoms with Crippen LogP contribution in [-0.2, 0) is 19.2 Å². The summed E-state index contributed by atoms with van der Waals surface area (Å²) in [4.78, 5) is 64.8. The number of aromatic hydroxyl groups is 1. The van der Waals surface area contributed by atoms with Crippen molar-refractivity contribution in [2.45, 2.75) is 71.7 Å². The number of rotatable bonds is 10. The summed E-state index contributed by atoms with van der Waals surface area (Å²) >= 11 is 1.56. The monoisotopic (exact) mass is 783 g/mol. The fourth-order valence-electron chi connectivity index (χ4n) is 7.14. The molecule has 0 radical (unpaired) electrons. The summed E-state index contributed by atoms with van der Waals surface area (Å²) in [5.74, 6) is -1.64. The fraction of sp³-hybridized carbons (Fsp3) is 0.425. The molecule has 296 valence electrons. The number of hydrogen-bond donors (Lipinski definition) is 5. The maximum absolute atomic E-state index is 14.1. The molecule has 0 spiro atoms. The van der Waals surface area contributed by atoms with E-state index in [-0.39, 0.29) is 30.6 Å². The number of benzene rings is 2. The number of aliphatic hydroxyl groups excluding tert-OH is 1. The number of thiazole rings is 1. The lowest BCUT2D eigenvalue weighted by atomic mass is 9.85. The van der Waals surface area contributed by atoms with Gasteiger partial charge in [0.15, 0.2) is 5.82 Å². The number of aromatic nitrogens is 3. The first-order valence-corrected chi connectivity index (χ1v) is 19.5. The Hall–Kier alpha value is -5.61. The summed E-state index contributed by atoms with van der Waals surface area (Å²) in [5, 5.41) is 34.9. The minimum absolute atomic E-state index is 0.0560. The third kappa shape index (κ3) is 8.92. The molecule has 0 unspecified atom stereocenters. The van der Waals surface area contributed by atoms with Gasteiger partial charge >= 0.3 is 0 Å². The third-order valence-corrected chi connectivity index (χ3v) is 11.3. The summed E-state index contributed by atoms with van der Waals surface area (Å²) in [6.07, 6.45) is -1.33. The largest absolute Gasteiger partial charge is 0.507 e. The van der Waals surface area contributed by atoms with E-state index in [1.165, 1.54) is 4.90 Å². The minimum atomic E-state index is -1.07. The molecule has 4 atom stereocenters. The number of phenols is 1. The van der Waals surface area contributed by atoms with Crippen LogP contribution in [-0.4, -0.2) is 110 Å². The Kier molecular flexibility index (Phi) is 11.9. The molecule has 0 saturated carbocycles. The maximum atomic E-state index is 14.1. The van der Waals surface area contributed by atoms with Gasteiger partial charge in [0.2, 0.25) is 23.6 Å². The van der Waals surface area contributed by atoms with Crippen LogP contribution in [0.25, 0.3) is 21.7 Å². The van der Waals surface area contributed by atoms with Crippen molar-refractivity contribution in [1.29, 1.82) is 0 Å². The molecule has 2 fully saturated rings. The van der Waals surface area contributed by atoms with Gasteiger partial charge in [0, 0.05) is 44.7 Å². The number of anilines is 2. The SMILES string of the molecule is Cc1ncsc1-c1ccc([C@@H](C)NC(=O)[C@H]2C[C@H](O)CN2C(=O)[C@H](NC(=O)CC(=O)N2CCN(c3cc(-c4ccccc4O)nnc3N)CC2)C(C)(C)C)cc1. The van der Waals surface area contributed by atoms with E-state index in [2.05, 4.69) is 25.8 Å². The highest BCUT2D eigenvalue weighted by Gasteiger charge is 2.45. The van der Waals surface area contributed by atoms with Crippen LogP contribution < -0.4 is 21.3 Å². The number of nitrogens with zero attached hydrogens (tertiary/aromatic N) is 6. The zero-order chi connectivity index (χ0) is 40.3.